The summed E-state index contributed by atoms with van der Waals surface area (Å²) in [4.78, 5) is 10.9. The van der Waals surface area contributed by atoms with Crippen LogP contribution in [0.15, 0.2) is 4.52 Å². The predicted octanol–water partition coefficient (Wildman–Crippen LogP) is 1.08. The van der Waals surface area contributed by atoms with E-state index in [0.29, 0.717) is 5.69 Å². The minimum atomic E-state index is -0.483. The topological polar surface area (TPSA) is 52.3 Å². The van der Waals surface area contributed by atoms with Gasteiger partial charge in [0.25, 0.3) is 0 Å². The van der Waals surface area contributed by atoms with Crippen LogP contribution in [0.5, 0.6) is 0 Å². The molecule has 0 radical (unpaired) electrons. The summed E-state index contributed by atoms with van der Waals surface area (Å²) in [6.07, 6.45) is 0. The molecule has 1 rings (SSSR count). The molecule has 0 aliphatic heterocycles. The first-order chi connectivity index (χ1) is 5.16. The summed E-state index contributed by atoms with van der Waals surface area (Å²) in [6, 6.07) is 0. The smallest absolute Gasteiger partial charge is 0.377 e. The highest BCUT2D eigenvalue weighted by molar-refractivity contribution is 5.87. The minimum absolute atomic E-state index is 0.185. The number of aryl methyl sites for hydroxylation is 1. The fraction of sp³-hybridized carbons (Fsp3) is 0.429. The van der Waals surface area contributed by atoms with Crippen molar-refractivity contribution in [3.8, 4) is 0 Å². The number of rotatable bonds is 1. The third kappa shape index (κ3) is 1.24. The molecule has 1 heterocycles. The quantitative estimate of drug-likeness (QED) is 0.569. The third-order valence-corrected chi connectivity index (χ3v) is 1.53. The second kappa shape index (κ2) is 2.74. The zero-order valence-corrected chi connectivity index (χ0v) is 6.67. The van der Waals surface area contributed by atoms with Crippen LogP contribution in [0.4, 0.5) is 0 Å². The van der Waals surface area contributed by atoms with Crippen molar-refractivity contribution >= 4 is 5.97 Å². The number of esters is 1. The van der Waals surface area contributed by atoms with Gasteiger partial charge in [-0.15, -0.1) is 0 Å². The van der Waals surface area contributed by atoms with Gasteiger partial charge in [0.1, 0.15) is 0 Å². The molecule has 0 amide bonds. The SMILES string of the molecule is COC(=O)c1onc(C)c1C. The number of nitrogens with zero attached hydrogens (tertiary/aromatic N) is 1. The highest BCUT2D eigenvalue weighted by Crippen LogP contribution is 2.11. The Balaban J connectivity index is 3.04. The first-order valence-electron chi connectivity index (χ1n) is 3.18. The average molecular weight is 155 g/mol. The first kappa shape index (κ1) is 7.78. The summed E-state index contributed by atoms with van der Waals surface area (Å²) in [5.41, 5.74) is 1.45. The Hall–Kier alpha value is -1.32. The Morgan fingerprint density at radius 1 is 1.55 bits per heavy atom. The van der Waals surface area contributed by atoms with Gasteiger partial charge in [-0.05, 0) is 13.8 Å². The molecule has 0 unspecified atom stereocenters. The summed E-state index contributed by atoms with van der Waals surface area (Å²) in [5.74, 6) is -0.298. The van der Waals surface area contributed by atoms with Gasteiger partial charge < -0.3 is 9.26 Å². The van der Waals surface area contributed by atoms with Gasteiger partial charge in [-0.2, -0.15) is 0 Å². The van der Waals surface area contributed by atoms with Gasteiger partial charge in [0.15, 0.2) is 0 Å². The van der Waals surface area contributed by atoms with E-state index in [1.54, 1.807) is 13.8 Å². The zero-order valence-electron chi connectivity index (χ0n) is 6.67. The lowest BCUT2D eigenvalue weighted by Gasteiger charge is -1.92. The number of methoxy groups -OCH3 is 1. The van der Waals surface area contributed by atoms with E-state index in [9.17, 15) is 4.79 Å². The molecule has 0 N–H and O–H groups in total. The number of ether oxygens (including phenoxy) is 1. The zero-order chi connectivity index (χ0) is 8.43. The highest BCUT2D eigenvalue weighted by Gasteiger charge is 2.16. The molecule has 11 heavy (non-hydrogen) atoms. The van der Waals surface area contributed by atoms with Crippen molar-refractivity contribution in [3.63, 3.8) is 0 Å². The molecule has 0 fully saturated rings. The largest absolute Gasteiger partial charge is 0.463 e. The summed E-state index contributed by atoms with van der Waals surface area (Å²) >= 11 is 0. The van der Waals surface area contributed by atoms with E-state index in [1.807, 2.05) is 0 Å². The molecular weight excluding hydrogens is 146 g/mol. The number of hydrogen-bond donors (Lipinski definition) is 0. The molecule has 1 aromatic rings. The maximum absolute atomic E-state index is 10.9. The Bertz CT molecular complexity index is 277. The van der Waals surface area contributed by atoms with Crippen LogP contribution in [0.25, 0.3) is 0 Å². The molecule has 1 aromatic heterocycles. The van der Waals surface area contributed by atoms with Crippen molar-refractivity contribution in [1.82, 2.24) is 5.16 Å². The van der Waals surface area contributed by atoms with E-state index in [2.05, 4.69) is 9.89 Å². The van der Waals surface area contributed by atoms with Crippen molar-refractivity contribution < 1.29 is 14.1 Å². The second-order valence-electron chi connectivity index (χ2n) is 2.21. The Kier molecular flexibility index (Phi) is 1.94. The number of carbonyl (C=O) groups excluding carboxylic acids is 1. The maximum Gasteiger partial charge on any atom is 0.377 e. The van der Waals surface area contributed by atoms with Crippen LogP contribution in [-0.4, -0.2) is 18.2 Å². The predicted molar refractivity (Wildman–Crippen MR) is 37.3 cm³/mol. The first-order valence-corrected chi connectivity index (χ1v) is 3.18. The van der Waals surface area contributed by atoms with Gasteiger partial charge in [-0.3, -0.25) is 0 Å². The standard InChI is InChI=1S/C7H9NO3/c1-4-5(2)8-11-6(4)7(9)10-3/h1-3H3. The van der Waals surface area contributed by atoms with Gasteiger partial charge in [0.05, 0.1) is 12.8 Å². The van der Waals surface area contributed by atoms with Gasteiger partial charge in [-0.25, -0.2) is 4.79 Å². The molecule has 0 atom stereocenters. The van der Waals surface area contributed by atoms with Crippen molar-refractivity contribution in [2.24, 2.45) is 0 Å². The number of aromatic nitrogens is 1. The monoisotopic (exact) mass is 155 g/mol. The molecule has 0 saturated carbocycles. The van der Waals surface area contributed by atoms with Crippen LogP contribution in [0.1, 0.15) is 21.8 Å². The van der Waals surface area contributed by atoms with Gasteiger partial charge in [-0.1, -0.05) is 5.16 Å². The van der Waals surface area contributed by atoms with Crippen LogP contribution in [0.3, 0.4) is 0 Å². The summed E-state index contributed by atoms with van der Waals surface area (Å²) in [7, 11) is 1.31. The molecule has 4 nitrogen and oxygen atoms in total. The van der Waals surface area contributed by atoms with E-state index in [4.69, 9.17) is 4.52 Å². The number of hydrogen-bond acceptors (Lipinski definition) is 4. The van der Waals surface area contributed by atoms with Gasteiger partial charge >= 0.3 is 5.97 Å². The normalized spacial score (nSPS) is 9.73. The van der Waals surface area contributed by atoms with Crippen LogP contribution < -0.4 is 0 Å². The van der Waals surface area contributed by atoms with Crippen molar-refractivity contribution in [3.05, 3.63) is 17.0 Å². The summed E-state index contributed by atoms with van der Waals surface area (Å²) in [5, 5.41) is 3.61. The molecule has 60 valence electrons. The Morgan fingerprint density at radius 3 is 2.55 bits per heavy atom. The van der Waals surface area contributed by atoms with Crippen LogP contribution in [-0.2, 0) is 4.74 Å². The van der Waals surface area contributed by atoms with Crippen LogP contribution >= 0.6 is 0 Å². The van der Waals surface area contributed by atoms with Crippen LogP contribution in [0.2, 0.25) is 0 Å². The summed E-state index contributed by atoms with van der Waals surface area (Å²) in [6.45, 7) is 3.53. The van der Waals surface area contributed by atoms with Crippen molar-refractivity contribution in [2.45, 2.75) is 13.8 Å². The molecule has 0 aliphatic carbocycles. The van der Waals surface area contributed by atoms with Crippen LogP contribution in [0, 0.1) is 13.8 Å². The van der Waals surface area contributed by atoms with Crippen molar-refractivity contribution in [1.29, 1.82) is 0 Å². The van der Waals surface area contributed by atoms with E-state index in [1.165, 1.54) is 7.11 Å². The molecule has 0 aromatic carbocycles. The van der Waals surface area contributed by atoms with E-state index < -0.39 is 5.97 Å². The van der Waals surface area contributed by atoms with Gasteiger partial charge in [0.2, 0.25) is 5.76 Å². The lowest BCUT2D eigenvalue weighted by Crippen LogP contribution is -2.00. The summed E-state index contributed by atoms with van der Waals surface area (Å²) < 4.78 is 9.18. The minimum Gasteiger partial charge on any atom is -0.463 e. The Labute approximate surface area is 64.1 Å². The average Bonchev–Trinajstić information content (AvgIpc) is 2.32. The van der Waals surface area contributed by atoms with Gasteiger partial charge in [0, 0.05) is 5.56 Å². The van der Waals surface area contributed by atoms with Crippen molar-refractivity contribution in [2.75, 3.05) is 7.11 Å². The van der Waals surface area contributed by atoms with E-state index in [-0.39, 0.29) is 5.76 Å². The fourth-order valence-electron chi connectivity index (χ4n) is 0.698. The molecule has 4 heteroatoms. The molecule has 0 aliphatic rings. The molecule has 0 spiro atoms. The molecule has 0 bridgehead atoms. The maximum atomic E-state index is 10.9. The number of carbonyl (C=O) groups is 1. The molecule has 0 saturated heterocycles. The highest BCUT2D eigenvalue weighted by atomic mass is 16.5. The second-order valence-corrected chi connectivity index (χ2v) is 2.21. The fourth-order valence-corrected chi connectivity index (χ4v) is 0.698. The lowest BCUT2D eigenvalue weighted by molar-refractivity contribution is 0.0553. The lowest BCUT2D eigenvalue weighted by atomic mass is 10.2. The van der Waals surface area contributed by atoms with E-state index in [0.717, 1.165) is 5.56 Å². The molecular formula is C7H9NO3. The Morgan fingerprint density at radius 2 is 2.18 bits per heavy atom. The third-order valence-electron chi connectivity index (χ3n) is 1.53. The van der Waals surface area contributed by atoms with E-state index >= 15 is 0 Å².